The van der Waals surface area contributed by atoms with E-state index in [4.69, 9.17) is 14.6 Å². The van der Waals surface area contributed by atoms with Crippen molar-refractivity contribution in [3.05, 3.63) is 29.3 Å². The van der Waals surface area contributed by atoms with Crippen LogP contribution in [0.2, 0.25) is 0 Å². The van der Waals surface area contributed by atoms with Crippen molar-refractivity contribution in [3.63, 3.8) is 0 Å². The molecule has 0 aliphatic carbocycles. The van der Waals surface area contributed by atoms with Crippen LogP contribution in [0.3, 0.4) is 0 Å². The number of oxime groups is 1. The van der Waals surface area contributed by atoms with Crippen LogP contribution in [0.4, 0.5) is 0 Å². The average molecular weight is 291 g/mol. The summed E-state index contributed by atoms with van der Waals surface area (Å²) >= 11 is 0. The van der Waals surface area contributed by atoms with Crippen LogP contribution in [0, 0.1) is 0 Å². The summed E-state index contributed by atoms with van der Waals surface area (Å²) < 4.78 is 10.2. The van der Waals surface area contributed by atoms with Gasteiger partial charge in [0.15, 0.2) is 18.1 Å². The number of carboxylic acids is 1. The van der Waals surface area contributed by atoms with E-state index in [1.54, 1.807) is 31.2 Å². The fourth-order valence-electron chi connectivity index (χ4n) is 1.72. The molecule has 110 valence electrons. The quantitative estimate of drug-likeness (QED) is 0.652. The van der Waals surface area contributed by atoms with Gasteiger partial charge in [-0.25, -0.2) is 9.59 Å². The zero-order valence-electron chi connectivity index (χ0n) is 11.5. The first-order chi connectivity index (χ1) is 10.0. The molecule has 1 aliphatic rings. The molecular formula is C14H13NO6. The van der Waals surface area contributed by atoms with Crippen LogP contribution < -0.4 is 9.47 Å². The number of methoxy groups -OCH3 is 1. The zero-order valence-corrected chi connectivity index (χ0v) is 11.5. The largest absolute Gasteiger partial charge is 0.493 e. The number of nitrogens with zero attached hydrogens (tertiary/aromatic N) is 1. The lowest BCUT2D eigenvalue weighted by Crippen LogP contribution is -2.10. The number of hydrogen-bond acceptors (Lipinski definition) is 6. The molecule has 1 aromatic rings. The maximum absolute atomic E-state index is 11.5. The lowest BCUT2D eigenvalue weighted by molar-refractivity contribution is -0.139. The molecule has 0 spiro atoms. The predicted molar refractivity (Wildman–Crippen MR) is 73.3 cm³/mol. The lowest BCUT2D eigenvalue weighted by atomic mass is 10.1. The van der Waals surface area contributed by atoms with E-state index in [2.05, 4.69) is 9.99 Å². The average Bonchev–Trinajstić information content (AvgIpc) is 2.77. The number of rotatable bonds is 5. The number of carboxylic acid groups (broad SMARTS) is 1. The lowest BCUT2D eigenvalue weighted by Gasteiger charge is -2.09. The Hall–Kier alpha value is -2.83. The Morgan fingerprint density at radius 1 is 1.43 bits per heavy atom. The van der Waals surface area contributed by atoms with E-state index in [1.165, 1.54) is 7.11 Å². The summed E-state index contributed by atoms with van der Waals surface area (Å²) in [5, 5.41) is 12.2. The fourth-order valence-corrected chi connectivity index (χ4v) is 1.72. The normalized spacial score (nSPS) is 15.6. The highest BCUT2D eigenvalue weighted by atomic mass is 16.7. The number of benzene rings is 1. The molecule has 0 atom stereocenters. The third-order valence-electron chi connectivity index (χ3n) is 2.73. The van der Waals surface area contributed by atoms with Gasteiger partial charge >= 0.3 is 11.9 Å². The van der Waals surface area contributed by atoms with Gasteiger partial charge in [-0.3, -0.25) is 0 Å². The smallest absolute Gasteiger partial charge is 0.367 e. The van der Waals surface area contributed by atoms with E-state index in [0.29, 0.717) is 28.3 Å². The van der Waals surface area contributed by atoms with Crippen LogP contribution in [-0.2, 0) is 14.4 Å². The number of hydrogen-bond donors (Lipinski definition) is 1. The molecule has 0 fully saturated rings. The first kappa shape index (κ1) is 14.6. The van der Waals surface area contributed by atoms with Gasteiger partial charge in [0.1, 0.15) is 0 Å². The molecule has 0 radical (unpaired) electrons. The van der Waals surface area contributed by atoms with Gasteiger partial charge in [-0.2, -0.15) is 0 Å². The minimum atomic E-state index is -1.08. The summed E-state index contributed by atoms with van der Waals surface area (Å²) in [6, 6.07) is 4.87. The molecule has 1 aliphatic heterocycles. The van der Waals surface area contributed by atoms with Crippen LogP contribution in [0.5, 0.6) is 11.5 Å². The van der Waals surface area contributed by atoms with Crippen molar-refractivity contribution in [2.75, 3.05) is 13.7 Å². The molecule has 0 saturated carbocycles. The molecule has 1 aromatic carbocycles. The van der Waals surface area contributed by atoms with E-state index < -0.39 is 18.5 Å². The Morgan fingerprint density at radius 2 is 2.19 bits per heavy atom. The van der Waals surface area contributed by atoms with Gasteiger partial charge in [0.05, 0.1) is 18.4 Å². The number of carbonyl (C=O) groups excluding carboxylic acids is 1. The van der Waals surface area contributed by atoms with E-state index >= 15 is 0 Å². The second kappa shape index (κ2) is 6.08. The minimum Gasteiger partial charge on any atom is -0.493 e. The highest BCUT2D eigenvalue weighted by Crippen LogP contribution is 2.29. The van der Waals surface area contributed by atoms with Crippen molar-refractivity contribution in [2.24, 2.45) is 5.16 Å². The number of aliphatic carboxylic acids is 1. The SMILES string of the molecule is COc1cc(/C=C2\C(=O)ON=C2C)ccc1OCC(=O)O. The predicted octanol–water partition coefficient (Wildman–Crippen LogP) is 1.47. The summed E-state index contributed by atoms with van der Waals surface area (Å²) in [5.41, 5.74) is 1.53. The monoisotopic (exact) mass is 291 g/mol. The van der Waals surface area contributed by atoms with Crippen LogP contribution in [-0.4, -0.2) is 36.5 Å². The highest BCUT2D eigenvalue weighted by molar-refractivity contribution is 6.24. The van der Waals surface area contributed by atoms with Crippen LogP contribution >= 0.6 is 0 Å². The molecule has 21 heavy (non-hydrogen) atoms. The topological polar surface area (TPSA) is 94.4 Å². The fraction of sp³-hybridized carbons (Fsp3) is 0.214. The second-order valence-electron chi connectivity index (χ2n) is 4.21. The van der Waals surface area contributed by atoms with E-state index in [0.717, 1.165) is 0 Å². The summed E-state index contributed by atoms with van der Waals surface area (Å²) in [4.78, 5) is 26.5. The molecule has 1 N–H and O–H groups in total. The van der Waals surface area contributed by atoms with E-state index in [9.17, 15) is 9.59 Å². The van der Waals surface area contributed by atoms with Gasteiger partial charge in [-0.1, -0.05) is 11.2 Å². The van der Waals surface area contributed by atoms with Gasteiger partial charge in [0.2, 0.25) is 0 Å². The molecule has 1 heterocycles. The van der Waals surface area contributed by atoms with Gasteiger partial charge in [-0.05, 0) is 30.7 Å². The highest BCUT2D eigenvalue weighted by Gasteiger charge is 2.21. The molecule has 0 saturated heterocycles. The summed E-state index contributed by atoms with van der Waals surface area (Å²) in [5.74, 6) is -0.922. The molecule has 0 amide bonds. The second-order valence-corrected chi connectivity index (χ2v) is 4.21. The summed E-state index contributed by atoms with van der Waals surface area (Å²) in [7, 11) is 1.44. The van der Waals surface area contributed by atoms with Gasteiger partial charge in [-0.15, -0.1) is 0 Å². The van der Waals surface area contributed by atoms with Crippen molar-refractivity contribution >= 4 is 23.7 Å². The Bertz CT molecular complexity index is 647. The van der Waals surface area contributed by atoms with Gasteiger partial charge in [0, 0.05) is 0 Å². The molecular weight excluding hydrogens is 278 g/mol. The third-order valence-corrected chi connectivity index (χ3v) is 2.73. The van der Waals surface area contributed by atoms with Crippen molar-refractivity contribution in [1.29, 1.82) is 0 Å². The van der Waals surface area contributed by atoms with Crippen molar-refractivity contribution < 1.29 is 29.0 Å². The zero-order chi connectivity index (χ0) is 15.4. The Kier molecular flexibility index (Phi) is 4.22. The Labute approximate surface area is 120 Å². The van der Waals surface area contributed by atoms with Crippen molar-refractivity contribution in [1.82, 2.24) is 0 Å². The Morgan fingerprint density at radius 3 is 2.76 bits per heavy atom. The molecule has 2 rings (SSSR count). The van der Waals surface area contributed by atoms with Crippen molar-refractivity contribution in [3.8, 4) is 11.5 Å². The van der Waals surface area contributed by atoms with Crippen molar-refractivity contribution in [2.45, 2.75) is 6.92 Å². The first-order valence-electron chi connectivity index (χ1n) is 6.02. The molecule has 0 unspecified atom stereocenters. The first-order valence-corrected chi connectivity index (χ1v) is 6.02. The van der Waals surface area contributed by atoms with Gasteiger partial charge < -0.3 is 19.4 Å². The van der Waals surface area contributed by atoms with Gasteiger partial charge in [0.25, 0.3) is 0 Å². The summed E-state index contributed by atoms with van der Waals surface area (Å²) in [6.07, 6.45) is 1.61. The van der Waals surface area contributed by atoms with E-state index in [-0.39, 0.29) is 0 Å². The Balaban J connectivity index is 2.27. The number of ether oxygens (including phenoxy) is 2. The number of carbonyl (C=O) groups is 2. The van der Waals surface area contributed by atoms with E-state index in [1.807, 2.05) is 0 Å². The minimum absolute atomic E-state index is 0.307. The van der Waals surface area contributed by atoms with Crippen LogP contribution in [0.25, 0.3) is 6.08 Å². The van der Waals surface area contributed by atoms with Crippen LogP contribution in [0.15, 0.2) is 28.9 Å². The standard InChI is InChI=1S/C14H13NO6/c1-8-10(14(18)21-15-8)5-9-3-4-11(12(6-9)19-2)20-7-13(16)17/h3-6H,7H2,1-2H3,(H,16,17)/b10-5-. The molecule has 0 aromatic heterocycles. The van der Waals surface area contributed by atoms with Crippen LogP contribution in [0.1, 0.15) is 12.5 Å². The maximum atomic E-state index is 11.5. The molecule has 7 heteroatoms. The maximum Gasteiger partial charge on any atom is 0.367 e. The third kappa shape index (κ3) is 3.38. The molecule has 7 nitrogen and oxygen atoms in total. The summed E-state index contributed by atoms with van der Waals surface area (Å²) in [6.45, 7) is 1.20. The molecule has 0 bridgehead atoms.